The van der Waals surface area contributed by atoms with Crippen molar-refractivity contribution in [1.29, 1.82) is 0 Å². The lowest BCUT2D eigenvalue weighted by Crippen LogP contribution is -2.20. The zero-order valence-corrected chi connectivity index (χ0v) is 17.8. The Kier molecular flexibility index (Phi) is 8.03. The first-order valence-corrected chi connectivity index (χ1v) is 9.01. The molecule has 1 amide bonds. The van der Waals surface area contributed by atoms with Crippen LogP contribution < -0.4 is 29.0 Å². The van der Waals surface area contributed by atoms with Crippen LogP contribution in [-0.2, 0) is 11.3 Å². The number of halogens is 1. The molecule has 7 nitrogen and oxygen atoms in total. The van der Waals surface area contributed by atoms with Gasteiger partial charge in [-0.2, -0.15) is 0 Å². The molecule has 2 rings (SSSR count). The van der Waals surface area contributed by atoms with Gasteiger partial charge in [0.2, 0.25) is 11.7 Å². The molecule has 1 N–H and O–H groups in total. The monoisotopic (exact) mass is 421 g/mol. The van der Waals surface area contributed by atoms with Crippen LogP contribution in [0.2, 0.25) is 5.02 Å². The summed E-state index contributed by atoms with van der Waals surface area (Å²) in [6, 6.07) is 6.97. The first kappa shape index (κ1) is 22.2. The standard InChI is InChI=1S/C21H24ClNO6/c1-25-16-9-13(8-15(22)20(16)28-4)6-7-19(24)23-12-14-10-17(26-2)21(29-5)18(11-14)27-3/h6-11H,12H2,1-5H3,(H,23,24)/b7-6+. The minimum Gasteiger partial charge on any atom is -0.493 e. The number of rotatable bonds is 9. The number of carbonyl (C=O) groups excluding carboxylic acids is 1. The van der Waals surface area contributed by atoms with Gasteiger partial charge in [-0.3, -0.25) is 4.79 Å². The van der Waals surface area contributed by atoms with E-state index in [0.717, 1.165) is 5.56 Å². The highest BCUT2D eigenvalue weighted by Crippen LogP contribution is 2.38. The molecule has 0 saturated carbocycles. The second-order valence-electron chi connectivity index (χ2n) is 5.82. The minimum atomic E-state index is -0.273. The first-order chi connectivity index (χ1) is 14.0. The van der Waals surface area contributed by atoms with Crippen molar-refractivity contribution in [2.75, 3.05) is 35.5 Å². The van der Waals surface area contributed by atoms with Crippen LogP contribution in [0, 0.1) is 0 Å². The molecule has 0 bridgehead atoms. The molecule has 0 saturated heterocycles. The van der Waals surface area contributed by atoms with Crippen LogP contribution in [0.1, 0.15) is 11.1 Å². The fourth-order valence-electron chi connectivity index (χ4n) is 2.69. The minimum absolute atomic E-state index is 0.273. The molecule has 0 heterocycles. The average molecular weight is 422 g/mol. The normalized spacial score (nSPS) is 10.6. The quantitative estimate of drug-likeness (QED) is 0.622. The fourth-order valence-corrected chi connectivity index (χ4v) is 2.99. The summed E-state index contributed by atoms with van der Waals surface area (Å²) >= 11 is 6.18. The number of carbonyl (C=O) groups is 1. The molecule has 0 atom stereocenters. The van der Waals surface area contributed by atoms with Gasteiger partial charge in [-0.15, -0.1) is 0 Å². The lowest BCUT2D eigenvalue weighted by Gasteiger charge is -2.14. The lowest BCUT2D eigenvalue weighted by atomic mass is 10.1. The van der Waals surface area contributed by atoms with Crippen molar-refractivity contribution in [2.45, 2.75) is 6.54 Å². The maximum atomic E-state index is 12.2. The largest absolute Gasteiger partial charge is 0.493 e. The van der Waals surface area contributed by atoms with Crippen LogP contribution in [0.5, 0.6) is 28.7 Å². The molecule has 2 aromatic carbocycles. The first-order valence-electron chi connectivity index (χ1n) is 8.63. The molecule has 156 valence electrons. The van der Waals surface area contributed by atoms with Crippen molar-refractivity contribution in [1.82, 2.24) is 5.32 Å². The molecule has 0 radical (unpaired) electrons. The zero-order valence-electron chi connectivity index (χ0n) is 17.0. The lowest BCUT2D eigenvalue weighted by molar-refractivity contribution is -0.116. The Morgan fingerprint density at radius 2 is 1.41 bits per heavy atom. The van der Waals surface area contributed by atoms with E-state index in [4.69, 9.17) is 35.3 Å². The third-order valence-corrected chi connectivity index (χ3v) is 4.36. The molecule has 0 aliphatic carbocycles. The van der Waals surface area contributed by atoms with Gasteiger partial charge in [-0.25, -0.2) is 0 Å². The van der Waals surface area contributed by atoms with Crippen molar-refractivity contribution in [2.24, 2.45) is 0 Å². The van der Waals surface area contributed by atoms with Crippen LogP contribution in [0.15, 0.2) is 30.3 Å². The van der Waals surface area contributed by atoms with Gasteiger partial charge in [-0.05, 0) is 41.5 Å². The van der Waals surface area contributed by atoms with E-state index in [2.05, 4.69) is 5.32 Å². The summed E-state index contributed by atoms with van der Waals surface area (Å²) in [6.07, 6.45) is 3.05. The van der Waals surface area contributed by atoms with Gasteiger partial charge in [0.1, 0.15) is 0 Å². The van der Waals surface area contributed by atoms with Gasteiger partial charge < -0.3 is 29.0 Å². The van der Waals surface area contributed by atoms with E-state index in [-0.39, 0.29) is 12.5 Å². The molecule has 0 aromatic heterocycles. The van der Waals surface area contributed by atoms with Crippen molar-refractivity contribution in [3.8, 4) is 28.7 Å². The summed E-state index contributed by atoms with van der Waals surface area (Å²) in [4.78, 5) is 12.2. The van der Waals surface area contributed by atoms with Crippen LogP contribution in [0.4, 0.5) is 0 Å². The van der Waals surface area contributed by atoms with Gasteiger partial charge in [0.05, 0.1) is 40.6 Å². The predicted molar refractivity (Wildman–Crippen MR) is 112 cm³/mol. The summed E-state index contributed by atoms with van der Waals surface area (Å²) in [5.74, 6) is 2.19. The second-order valence-corrected chi connectivity index (χ2v) is 6.23. The third-order valence-electron chi connectivity index (χ3n) is 4.07. The van der Waals surface area contributed by atoms with Crippen LogP contribution in [0.25, 0.3) is 6.08 Å². The van der Waals surface area contributed by atoms with Crippen molar-refractivity contribution in [3.63, 3.8) is 0 Å². The van der Waals surface area contributed by atoms with Crippen LogP contribution >= 0.6 is 11.6 Å². The Balaban J connectivity index is 2.09. The summed E-state index contributed by atoms with van der Waals surface area (Å²) < 4.78 is 26.4. The van der Waals surface area contributed by atoms with Gasteiger partial charge >= 0.3 is 0 Å². The molecule has 0 aliphatic heterocycles. The zero-order chi connectivity index (χ0) is 21.4. The fraction of sp³-hybridized carbons (Fsp3) is 0.286. The number of amides is 1. The molecule has 29 heavy (non-hydrogen) atoms. The topological polar surface area (TPSA) is 75.3 Å². The van der Waals surface area contributed by atoms with E-state index in [1.54, 1.807) is 30.3 Å². The molecule has 0 unspecified atom stereocenters. The third kappa shape index (κ3) is 5.48. The van der Waals surface area contributed by atoms with E-state index >= 15 is 0 Å². The Morgan fingerprint density at radius 1 is 0.862 bits per heavy atom. The highest BCUT2D eigenvalue weighted by molar-refractivity contribution is 6.32. The van der Waals surface area contributed by atoms with E-state index in [1.807, 2.05) is 0 Å². The molecular formula is C21H24ClNO6. The Bertz CT molecular complexity index is 872. The maximum absolute atomic E-state index is 12.2. The summed E-state index contributed by atoms with van der Waals surface area (Å²) in [5, 5.41) is 3.20. The highest BCUT2D eigenvalue weighted by atomic mass is 35.5. The van der Waals surface area contributed by atoms with Gasteiger partial charge in [0.25, 0.3) is 0 Å². The Labute approximate surface area is 175 Å². The number of hydrogen-bond donors (Lipinski definition) is 1. The van der Waals surface area contributed by atoms with E-state index in [1.165, 1.54) is 41.6 Å². The van der Waals surface area contributed by atoms with E-state index in [0.29, 0.717) is 39.3 Å². The number of ether oxygens (including phenoxy) is 5. The predicted octanol–water partition coefficient (Wildman–Crippen LogP) is 3.71. The van der Waals surface area contributed by atoms with E-state index < -0.39 is 0 Å². The number of methoxy groups -OCH3 is 5. The summed E-state index contributed by atoms with van der Waals surface area (Å²) in [5.41, 5.74) is 1.51. The highest BCUT2D eigenvalue weighted by Gasteiger charge is 2.13. The van der Waals surface area contributed by atoms with Crippen LogP contribution in [0.3, 0.4) is 0 Å². The number of benzene rings is 2. The number of nitrogens with one attached hydrogen (secondary N) is 1. The van der Waals surface area contributed by atoms with Crippen molar-refractivity contribution < 1.29 is 28.5 Å². The maximum Gasteiger partial charge on any atom is 0.244 e. The molecule has 8 heteroatoms. The average Bonchev–Trinajstić information content (AvgIpc) is 2.74. The van der Waals surface area contributed by atoms with Crippen molar-refractivity contribution >= 4 is 23.6 Å². The van der Waals surface area contributed by atoms with Gasteiger partial charge in [0.15, 0.2) is 23.0 Å². The Hall–Kier alpha value is -3.06. The SMILES string of the molecule is COc1cc(/C=C/C(=O)NCc2cc(OC)c(OC)c(OC)c2)cc(Cl)c1OC. The van der Waals surface area contributed by atoms with Gasteiger partial charge in [0, 0.05) is 12.6 Å². The molecular weight excluding hydrogens is 398 g/mol. The number of hydrogen-bond acceptors (Lipinski definition) is 6. The molecule has 0 spiro atoms. The smallest absolute Gasteiger partial charge is 0.244 e. The molecule has 0 fully saturated rings. The second kappa shape index (κ2) is 10.5. The van der Waals surface area contributed by atoms with E-state index in [9.17, 15) is 4.79 Å². The molecule has 0 aliphatic rings. The van der Waals surface area contributed by atoms with Crippen molar-refractivity contribution in [3.05, 3.63) is 46.5 Å². The Morgan fingerprint density at radius 3 is 1.93 bits per heavy atom. The summed E-state index contributed by atoms with van der Waals surface area (Å²) in [7, 11) is 7.64. The van der Waals surface area contributed by atoms with Crippen LogP contribution in [-0.4, -0.2) is 41.5 Å². The molecule has 2 aromatic rings. The van der Waals surface area contributed by atoms with Gasteiger partial charge in [-0.1, -0.05) is 11.6 Å². The summed E-state index contributed by atoms with van der Waals surface area (Å²) in [6.45, 7) is 0.284.